The molecule has 2 aromatic carbocycles. The van der Waals surface area contributed by atoms with E-state index in [1.807, 2.05) is 0 Å². The summed E-state index contributed by atoms with van der Waals surface area (Å²) >= 11 is 0. The molecule has 6 nitrogen and oxygen atoms in total. The zero-order valence-electron chi connectivity index (χ0n) is 13.2. The molecule has 6 heteroatoms. The second kappa shape index (κ2) is 7.82. The third-order valence-corrected chi connectivity index (χ3v) is 3.22. The molecule has 0 saturated heterocycles. The monoisotopic (exact) mass is 326 g/mol. The predicted octanol–water partition coefficient (Wildman–Crippen LogP) is 2.61. The fourth-order valence-corrected chi connectivity index (χ4v) is 2.08. The van der Waals surface area contributed by atoms with E-state index < -0.39 is 11.8 Å². The maximum atomic E-state index is 12.4. The molecule has 0 unspecified atom stereocenters. The van der Waals surface area contributed by atoms with Gasteiger partial charge in [0.2, 0.25) is 0 Å². The lowest BCUT2D eigenvalue weighted by atomic mass is 10.1. The second-order valence-electron chi connectivity index (χ2n) is 4.83. The number of primary amides is 1. The number of nitrogens with one attached hydrogen (secondary N) is 1. The van der Waals surface area contributed by atoms with E-state index in [4.69, 9.17) is 15.2 Å². The topological polar surface area (TPSA) is 90.6 Å². The minimum absolute atomic E-state index is 0.240. The van der Waals surface area contributed by atoms with Crippen molar-refractivity contribution in [3.05, 3.63) is 66.2 Å². The van der Waals surface area contributed by atoms with E-state index in [1.165, 1.54) is 7.11 Å². The van der Waals surface area contributed by atoms with Crippen molar-refractivity contribution in [3.63, 3.8) is 0 Å². The standard InChI is InChI=1S/C18H18N2O4/c1-3-10-24-15-9-8-12(11-16(15)23-2)18(22)20-14-7-5-4-6-13(14)17(19)21/h3-9,11H,1,10H2,2H3,(H2,19,21)(H,20,22). The number of anilines is 1. The molecule has 0 heterocycles. The lowest BCUT2D eigenvalue weighted by Gasteiger charge is -2.12. The number of ether oxygens (including phenoxy) is 2. The van der Waals surface area contributed by atoms with Gasteiger partial charge in [-0.05, 0) is 30.3 Å². The highest BCUT2D eigenvalue weighted by Crippen LogP contribution is 2.28. The van der Waals surface area contributed by atoms with Crippen LogP contribution in [-0.2, 0) is 0 Å². The average molecular weight is 326 g/mol. The maximum Gasteiger partial charge on any atom is 0.255 e. The van der Waals surface area contributed by atoms with Gasteiger partial charge in [-0.15, -0.1) is 0 Å². The van der Waals surface area contributed by atoms with Crippen LogP contribution >= 0.6 is 0 Å². The van der Waals surface area contributed by atoms with Crippen molar-refractivity contribution in [2.75, 3.05) is 19.0 Å². The van der Waals surface area contributed by atoms with Crippen LogP contribution in [0.5, 0.6) is 11.5 Å². The average Bonchev–Trinajstić information content (AvgIpc) is 2.60. The van der Waals surface area contributed by atoms with Gasteiger partial charge < -0.3 is 20.5 Å². The summed E-state index contributed by atoms with van der Waals surface area (Å²) < 4.78 is 10.7. The van der Waals surface area contributed by atoms with Gasteiger partial charge in [0.15, 0.2) is 11.5 Å². The predicted molar refractivity (Wildman–Crippen MR) is 91.6 cm³/mol. The smallest absolute Gasteiger partial charge is 0.255 e. The summed E-state index contributed by atoms with van der Waals surface area (Å²) in [5.74, 6) is -0.0758. The van der Waals surface area contributed by atoms with Crippen LogP contribution in [0.3, 0.4) is 0 Å². The normalized spacial score (nSPS) is 9.88. The molecular weight excluding hydrogens is 308 g/mol. The highest BCUT2D eigenvalue weighted by atomic mass is 16.5. The number of hydrogen-bond donors (Lipinski definition) is 2. The van der Waals surface area contributed by atoms with Crippen molar-refractivity contribution < 1.29 is 19.1 Å². The molecule has 0 aliphatic carbocycles. The van der Waals surface area contributed by atoms with E-state index in [2.05, 4.69) is 11.9 Å². The Kier molecular flexibility index (Phi) is 5.57. The van der Waals surface area contributed by atoms with Crippen LogP contribution in [0.15, 0.2) is 55.1 Å². The molecule has 2 aromatic rings. The molecule has 0 radical (unpaired) electrons. The molecule has 0 bridgehead atoms. The van der Waals surface area contributed by atoms with Crippen molar-refractivity contribution in [1.29, 1.82) is 0 Å². The largest absolute Gasteiger partial charge is 0.493 e. The quantitative estimate of drug-likeness (QED) is 0.765. The first kappa shape index (κ1) is 17.1. The number of benzene rings is 2. The van der Waals surface area contributed by atoms with Gasteiger partial charge in [0.05, 0.1) is 18.4 Å². The Hall–Kier alpha value is -3.28. The van der Waals surface area contributed by atoms with Crippen molar-refractivity contribution in [3.8, 4) is 11.5 Å². The molecule has 24 heavy (non-hydrogen) atoms. The highest BCUT2D eigenvalue weighted by Gasteiger charge is 2.14. The molecular formula is C18H18N2O4. The van der Waals surface area contributed by atoms with E-state index in [0.29, 0.717) is 29.4 Å². The van der Waals surface area contributed by atoms with Gasteiger partial charge in [0.25, 0.3) is 11.8 Å². The van der Waals surface area contributed by atoms with E-state index in [1.54, 1.807) is 48.5 Å². The van der Waals surface area contributed by atoms with Crippen molar-refractivity contribution in [1.82, 2.24) is 0 Å². The Labute approximate surface area is 139 Å². The molecule has 0 spiro atoms. The number of rotatable bonds is 7. The van der Waals surface area contributed by atoms with Crippen LogP contribution in [-0.4, -0.2) is 25.5 Å². The summed E-state index contributed by atoms with van der Waals surface area (Å²) in [6.07, 6.45) is 1.61. The molecule has 2 amide bonds. The molecule has 0 aliphatic heterocycles. The highest BCUT2D eigenvalue weighted by molar-refractivity contribution is 6.08. The summed E-state index contributed by atoms with van der Waals surface area (Å²) in [6.45, 7) is 3.91. The number of methoxy groups -OCH3 is 1. The van der Waals surface area contributed by atoms with Gasteiger partial charge in [0.1, 0.15) is 6.61 Å². The minimum Gasteiger partial charge on any atom is -0.493 e. The maximum absolute atomic E-state index is 12.4. The lowest BCUT2D eigenvalue weighted by Crippen LogP contribution is -2.18. The molecule has 2 rings (SSSR count). The number of amides is 2. The molecule has 0 fully saturated rings. The first-order valence-electron chi connectivity index (χ1n) is 7.18. The molecule has 0 saturated carbocycles. The van der Waals surface area contributed by atoms with Gasteiger partial charge in [0, 0.05) is 5.56 Å². The van der Waals surface area contributed by atoms with Crippen molar-refractivity contribution in [2.24, 2.45) is 5.73 Å². The number of para-hydroxylation sites is 1. The van der Waals surface area contributed by atoms with E-state index in [0.717, 1.165) is 0 Å². The molecule has 0 atom stereocenters. The Bertz CT molecular complexity index is 771. The van der Waals surface area contributed by atoms with Gasteiger partial charge in [-0.3, -0.25) is 9.59 Å². The molecule has 0 aromatic heterocycles. The number of nitrogens with two attached hydrogens (primary N) is 1. The third kappa shape index (κ3) is 3.92. The molecule has 124 valence electrons. The zero-order valence-corrected chi connectivity index (χ0v) is 13.2. The summed E-state index contributed by atoms with van der Waals surface area (Å²) in [5.41, 5.74) is 6.25. The van der Waals surface area contributed by atoms with Crippen LogP contribution in [0.4, 0.5) is 5.69 Å². The SMILES string of the molecule is C=CCOc1ccc(C(=O)Nc2ccccc2C(N)=O)cc1OC. The van der Waals surface area contributed by atoms with Gasteiger partial charge in [-0.2, -0.15) is 0 Å². The zero-order chi connectivity index (χ0) is 17.5. The lowest BCUT2D eigenvalue weighted by molar-refractivity contribution is 0.100. The third-order valence-electron chi connectivity index (χ3n) is 3.22. The van der Waals surface area contributed by atoms with Crippen LogP contribution in [0.25, 0.3) is 0 Å². The first-order valence-corrected chi connectivity index (χ1v) is 7.18. The van der Waals surface area contributed by atoms with E-state index in [-0.39, 0.29) is 5.56 Å². The molecule has 3 N–H and O–H groups in total. The van der Waals surface area contributed by atoms with Crippen LogP contribution in [0, 0.1) is 0 Å². The van der Waals surface area contributed by atoms with Crippen molar-refractivity contribution in [2.45, 2.75) is 0 Å². The van der Waals surface area contributed by atoms with Crippen molar-refractivity contribution >= 4 is 17.5 Å². The summed E-state index contributed by atoms with van der Waals surface area (Å²) in [5, 5.41) is 2.67. The van der Waals surface area contributed by atoms with Gasteiger partial charge in [-0.25, -0.2) is 0 Å². The summed E-state index contributed by atoms with van der Waals surface area (Å²) in [4.78, 5) is 23.8. The minimum atomic E-state index is -0.614. The number of carbonyl (C=O) groups is 2. The Morgan fingerprint density at radius 2 is 1.96 bits per heavy atom. The van der Waals surface area contributed by atoms with Crippen LogP contribution < -0.4 is 20.5 Å². The van der Waals surface area contributed by atoms with Gasteiger partial charge in [-0.1, -0.05) is 24.8 Å². The van der Waals surface area contributed by atoms with Crippen LogP contribution in [0.2, 0.25) is 0 Å². The fraction of sp³-hybridized carbons (Fsp3) is 0.111. The molecule has 0 aliphatic rings. The van der Waals surface area contributed by atoms with Gasteiger partial charge >= 0.3 is 0 Å². The summed E-state index contributed by atoms with van der Waals surface area (Å²) in [7, 11) is 1.49. The Morgan fingerprint density at radius 3 is 2.62 bits per heavy atom. The Balaban J connectivity index is 2.24. The Morgan fingerprint density at radius 1 is 1.21 bits per heavy atom. The second-order valence-corrected chi connectivity index (χ2v) is 4.83. The fourth-order valence-electron chi connectivity index (χ4n) is 2.08. The first-order chi connectivity index (χ1) is 11.6. The van der Waals surface area contributed by atoms with E-state index in [9.17, 15) is 9.59 Å². The number of hydrogen-bond acceptors (Lipinski definition) is 4. The van der Waals surface area contributed by atoms with Crippen LogP contribution in [0.1, 0.15) is 20.7 Å². The van der Waals surface area contributed by atoms with E-state index >= 15 is 0 Å². The number of carbonyl (C=O) groups excluding carboxylic acids is 2. The summed E-state index contributed by atoms with van der Waals surface area (Å²) in [6, 6.07) is 11.3.